The van der Waals surface area contributed by atoms with Gasteiger partial charge in [-0.05, 0) is 40.5 Å². The molecule has 0 aliphatic heterocycles. The smallest absolute Gasteiger partial charge is 0.242 e. The summed E-state index contributed by atoms with van der Waals surface area (Å²) in [5.74, 6) is 0.267. The minimum absolute atomic E-state index is 0.130. The van der Waals surface area contributed by atoms with E-state index in [4.69, 9.17) is 5.73 Å². The number of nitrogens with zero attached hydrogens (tertiary/aromatic N) is 3. The zero-order chi connectivity index (χ0) is 14.8. The number of aromatic nitrogens is 4. The lowest BCUT2D eigenvalue weighted by molar-refractivity contribution is 0.559. The van der Waals surface area contributed by atoms with Crippen LogP contribution < -0.4 is 10.5 Å². The summed E-state index contributed by atoms with van der Waals surface area (Å²) in [5.41, 5.74) is 6.35. The van der Waals surface area contributed by atoms with Crippen LogP contribution in [0.3, 0.4) is 0 Å². The van der Waals surface area contributed by atoms with Gasteiger partial charge in [0.15, 0.2) is 5.82 Å². The second kappa shape index (κ2) is 5.95. The van der Waals surface area contributed by atoms with Crippen molar-refractivity contribution in [2.75, 3.05) is 0 Å². The van der Waals surface area contributed by atoms with E-state index >= 15 is 0 Å². The average molecular weight is 361 g/mol. The fraction of sp³-hybridized carbons (Fsp3) is 0.300. The number of halogens is 1. The first-order valence-electron chi connectivity index (χ1n) is 5.68. The van der Waals surface area contributed by atoms with Crippen molar-refractivity contribution in [2.45, 2.75) is 24.4 Å². The zero-order valence-electron chi connectivity index (χ0n) is 10.5. The molecule has 0 saturated heterocycles. The van der Waals surface area contributed by atoms with Gasteiger partial charge in [0, 0.05) is 11.0 Å². The van der Waals surface area contributed by atoms with Crippen LogP contribution in [-0.2, 0) is 16.6 Å². The van der Waals surface area contributed by atoms with Crippen LogP contribution >= 0.6 is 15.9 Å². The molecule has 1 atom stereocenters. The van der Waals surface area contributed by atoms with E-state index in [1.165, 1.54) is 6.07 Å². The van der Waals surface area contributed by atoms with Crippen molar-refractivity contribution in [1.29, 1.82) is 0 Å². The molecule has 0 aliphatic rings. The molecular weight excluding hydrogens is 348 g/mol. The highest BCUT2D eigenvalue weighted by Gasteiger charge is 2.22. The number of H-pyrrole nitrogens is 1. The summed E-state index contributed by atoms with van der Waals surface area (Å²) in [4.78, 5) is 0.130. The molecule has 0 spiro atoms. The zero-order valence-corrected chi connectivity index (χ0v) is 12.9. The lowest BCUT2D eigenvalue weighted by Crippen LogP contribution is -2.28. The number of nitrogens with one attached hydrogen (secondary N) is 2. The van der Waals surface area contributed by atoms with Crippen LogP contribution in [0.25, 0.3) is 0 Å². The Morgan fingerprint density at radius 1 is 1.50 bits per heavy atom. The van der Waals surface area contributed by atoms with Crippen molar-refractivity contribution < 1.29 is 8.42 Å². The Morgan fingerprint density at radius 2 is 2.25 bits per heavy atom. The third-order valence-electron chi connectivity index (χ3n) is 2.60. The summed E-state index contributed by atoms with van der Waals surface area (Å²) in [6, 6.07) is 4.24. The maximum absolute atomic E-state index is 12.3. The Bertz CT molecular complexity index is 688. The molecule has 1 aromatic heterocycles. The molecule has 4 N–H and O–H groups in total. The van der Waals surface area contributed by atoms with Gasteiger partial charge in [-0.3, -0.25) is 0 Å². The second-order valence-corrected chi connectivity index (χ2v) is 6.62. The van der Waals surface area contributed by atoms with E-state index in [2.05, 4.69) is 41.3 Å². The first-order chi connectivity index (χ1) is 9.44. The number of hydrogen-bond donors (Lipinski definition) is 3. The summed E-state index contributed by atoms with van der Waals surface area (Å²) in [6.07, 6.45) is 0. The summed E-state index contributed by atoms with van der Waals surface area (Å²) in [6.45, 7) is 1.97. The molecule has 0 aliphatic carbocycles. The van der Waals surface area contributed by atoms with E-state index < -0.39 is 16.1 Å². The number of tetrazole rings is 1. The maximum Gasteiger partial charge on any atom is 0.242 e. The minimum Gasteiger partial charge on any atom is -0.326 e. The molecule has 20 heavy (non-hydrogen) atoms. The average Bonchev–Trinajstić information content (AvgIpc) is 2.91. The molecule has 0 bridgehead atoms. The molecule has 8 nitrogen and oxygen atoms in total. The third-order valence-corrected chi connectivity index (χ3v) is 5.12. The van der Waals surface area contributed by atoms with Gasteiger partial charge >= 0.3 is 0 Å². The van der Waals surface area contributed by atoms with Gasteiger partial charge in [0.2, 0.25) is 10.0 Å². The van der Waals surface area contributed by atoms with E-state index in [1.807, 2.05) is 0 Å². The van der Waals surface area contributed by atoms with Gasteiger partial charge in [-0.2, -0.15) is 5.21 Å². The molecule has 1 unspecified atom stereocenters. The largest absolute Gasteiger partial charge is 0.326 e. The van der Waals surface area contributed by atoms with Crippen LogP contribution in [0.1, 0.15) is 24.4 Å². The van der Waals surface area contributed by atoms with Crippen LogP contribution in [-0.4, -0.2) is 29.0 Å². The Labute approximate surface area is 124 Å². The predicted molar refractivity (Wildman–Crippen MR) is 74.9 cm³/mol. The second-order valence-electron chi connectivity index (χ2n) is 4.08. The van der Waals surface area contributed by atoms with Crippen LogP contribution in [0.5, 0.6) is 0 Å². The van der Waals surface area contributed by atoms with Crippen molar-refractivity contribution >= 4 is 26.0 Å². The number of nitrogens with two attached hydrogens (primary N) is 1. The van der Waals surface area contributed by atoms with Crippen LogP contribution in [0.2, 0.25) is 0 Å². The predicted octanol–water partition coefficient (Wildman–Crippen LogP) is 0.460. The Balaban J connectivity index is 2.27. The van der Waals surface area contributed by atoms with E-state index in [0.29, 0.717) is 11.0 Å². The molecule has 0 radical (unpaired) electrons. The van der Waals surface area contributed by atoms with Crippen LogP contribution in [0.4, 0.5) is 0 Å². The highest BCUT2D eigenvalue weighted by Crippen LogP contribution is 2.24. The van der Waals surface area contributed by atoms with Gasteiger partial charge in [-0.1, -0.05) is 11.3 Å². The number of rotatable bonds is 5. The summed E-state index contributed by atoms with van der Waals surface area (Å²) in [7, 11) is -3.70. The molecule has 0 fully saturated rings. The van der Waals surface area contributed by atoms with Gasteiger partial charge in [0.1, 0.15) is 0 Å². The number of hydrogen-bond acceptors (Lipinski definition) is 6. The van der Waals surface area contributed by atoms with Gasteiger partial charge < -0.3 is 5.73 Å². The summed E-state index contributed by atoms with van der Waals surface area (Å²) < 4.78 is 27.5. The number of sulfonamides is 1. The SMILES string of the molecule is CC(NS(=O)(=O)c1ccc(CN)cc1Br)c1nn[nH]n1. The third kappa shape index (κ3) is 3.20. The minimum atomic E-state index is -3.70. The van der Waals surface area contributed by atoms with Crippen molar-refractivity contribution in [3.8, 4) is 0 Å². The number of benzene rings is 1. The van der Waals surface area contributed by atoms with E-state index in [0.717, 1.165) is 5.56 Å². The maximum atomic E-state index is 12.3. The van der Waals surface area contributed by atoms with Gasteiger partial charge in [-0.15, -0.1) is 10.2 Å². The summed E-state index contributed by atoms with van der Waals surface area (Å²) >= 11 is 3.24. The van der Waals surface area contributed by atoms with Gasteiger partial charge in [-0.25, -0.2) is 13.1 Å². The van der Waals surface area contributed by atoms with E-state index in [9.17, 15) is 8.42 Å². The van der Waals surface area contributed by atoms with Crippen molar-refractivity contribution in [2.24, 2.45) is 5.73 Å². The lowest BCUT2D eigenvalue weighted by atomic mass is 10.2. The van der Waals surface area contributed by atoms with E-state index in [-0.39, 0.29) is 10.7 Å². The first kappa shape index (κ1) is 15.0. The van der Waals surface area contributed by atoms with Crippen molar-refractivity contribution in [3.63, 3.8) is 0 Å². The highest BCUT2D eigenvalue weighted by atomic mass is 79.9. The normalized spacial score (nSPS) is 13.3. The standard InChI is InChI=1S/C10H13BrN6O2S/c1-6(10-13-16-17-14-10)15-20(18,19)9-3-2-7(5-12)4-8(9)11/h2-4,6,15H,5,12H2,1H3,(H,13,14,16,17). The highest BCUT2D eigenvalue weighted by molar-refractivity contribution is 9.10. The fourth-order valence-corrected chi connectivity index (χ4v) is 3.92. The molecule has 10 heteroatoms. The molecule has 2 aromatic rings. The molecule has 2 rings (SSSR count). The van der Waals surface area contributed by atoms with Crippen molar-refractivity contribution in [3.05, 3.63) is 34.1 Å². The monoisotopic (exact) mass is 360 g/mol. The topological polar surface area (TPSA) is 127 Å². The molecule has 0 saturated carbocycles. The van der Waals surface area contributed by atoms with E-state index in [1.54, 1.807) is 19.1 Å². The number of aromatic amines is 1. The van der Waals surface area contributed by atoms with Gasteiger partial charge in [0.25, 0.3) is 0 Å². The fourth-order valence-electron chi connectivity index (χ4n) is 1.59. The van der Waals surface area contributed by atoms with Crippen molar-refractivity contribution in [1.82, 2.24) is 25.3 Å². The molecule has 1 aromatic carbocycles. The lowest BCUT2D eigenvalue weighted by Gasteiger charge is -2.12. The molecular formula is C10H13BrN6O2S. The molecule has 0 amide bonds. The van der Waals surface area contributed by atoms with Crippen LogP contribution in [0, 0.1) is 0 Å². The quantitative estimate of drug-likeness (QED) is 0.710. The summed E-state index contributed by atoms with van der Waals surface area (Å²) in [5, 5.41) is 13.1. The first-order valence-corrected chi connectivity index (χ1v) is 7.96. The molecule has 1 heterocycles. The van der Waals surface area contributed by atoms with Crippen LogP contribution in [0.15, 0.2) is 27.6 Å². The Hall–Kier alpha value is -1.36. The molecule has 108 valence electrons. The Morgan fingerprint density at radius 3 is 2.80 bits per heavy atom. The Kier molecular flexibility index (Phi) is 4.48. The van der Waals surface area contributed by atoms with Gasteiger partial charge in [0.05, 0.1) is 10.9 Å².